The van der Waals surface area contributed by atoms with Gasteiger partial charge in [-0.15, -0.1) is 0 Å². The molecule has 1 rings (SSSR count). The average Bonchev–Trinajstić information content (AvgIpc) is 2.35. The van der Waals surface area contributed by atoms with Crippen molar-refractivity contribution in [2.45, 2.75) is 25.3 Å². The van der Waals surface area contributed by atoms with Crippen LogP contribution in [0.15, 0.2) is 11.4 Å². The topological polar surface area (TPSA) is 64.1 Å². The molecule has 5 nitrogen and oxygen atoms in total. The van der Waals surface area contributed by atoms with E-state index in [0.29, 0.717) is 0 Å². The first-order valence-corrected chi connectivity index (χ1v) is 6.42. The Morgan fingerprint density at radius 2 is 2.29 bits per heavy atom. The van der Waals surface area contributed by atoms with Crippen molar-refractivity contribution in [3.8, 4) is 0 Å². The van der Waals surface area contributed by atoms with Gasteiger partial charge in [0.25, 0.3) is 0 Å². The first kappa shape index (κ1) is 13.8. The summed E-state index contributed by atoms with van der Waals surface area (Å²) in [5, 5.41) is 4.03. The van der Waals surface area contributed by atoms with Crippen LogP contribution in [0.25, 0.3) is 0 Å². The van der Waals surface area contributed by atoms with Gasteiger partial charge in [0.1, 0.15) is 17.2 Å². The fraction of sp³-hybridized carbons (Fsp3) is 0.545. The van der Waals surface area contributed by atoms with Crippen molar-refractivity contribution in [2.24, 2.45) is 0 Å². The molecule has 1 aromatic rings. The van der Waals surface area contributed by atoms with E-state index < -0.39 is 0 Å². The van der Waals surface area contributed by atoms with E-state index in [2.05, 4.69) is 26.9 Å². The molecule has 0 unspecified atom stereocenters. The zero-order chi connectivity index (χ0) is 12.7. The molecule has 6 heteroatoms. The summed E-state index contributed by atoms with van der Waals surface area (Å²) in [5.74, 6) is 0.840. The van der Waals surface area contributed by atoms with Gasteiger partial charge in [0.15, 0.2) is 0 Å². The number of hydrogen-bond acceptors (Lipinski definition) is 6. The smallest absolute Gasteiger partial charge is 0.316 e. The summed E-state index contributed by atoms with van der Waals surface area (Å²) < 4.78 is 4.59. The second kappa shape index (κ2) is 7.11. The lowest BCUT2D eigenvalue weighted by atomic mass is 10.3. The lowest BCUT2D eigenvalue weighted by Gasteiger charge is -2.09. The van der Waals surface area contributed by atoms with Gasteiger partial charge in [0.2, 0.25) is 0 Å². The van der Waals surface area contributed by atoms with Crippen LogP contribution in [-0.4, -0.2) is 35.3 Å². The van der Waals surface area contributed by atoms with Crippen molar-refractivity contribution in [1.82, 2.24) is 9.97 Å². The quantitative estimate of drug-likeness (QED) is 0.475. The van der Waals surface area contributed by atoms with Gasteiger partial charge in [-0.1, -0.05) is 18.7 Å². The molecule has 0 amide bonds. The maximum atomic E-state index is 11.1. The standard InChI is InChI=1S/C11H17N3O2S/c1-4-5-12-10-8(2)11(14-7-13-10)17-6-9(15)16-3/h7H,4-6H2,1-3H3,(H,12,13,14). The summed E-state index contributed by atoms with van der Waals surface area (Å²) in [6.45, 7) is 4.91. The van der Waals surface area contributed by atoms with Gasteiger partial charge in [-0.2, -0.15) is 0 Å². The van der Waals surface area contributed by atoms with Crippen LogP contribution in [0.5, 0.6) is 0 Å². The van der Waals surface area contributed by atoms with Crippen molar-refractivity contribution in [3.63, 3.8) is 0 Å². The highest BCUT2D eigenvalue weighted by atomic mass is 32.2. The van der Waals surface area contributed by atoms with Crippen molar-refractivity contribution in [3.05, 3.63) is 11.9 Å². The monoisotopic (exact) mass is 255 g/mol. The largest absolute Gasteiger partial charge is 0.468 e. The molecule has 1 heterocycles. The zero-order valence-corrected chi connectivity index (χ0v) is 11.1. The lowest BCUT2D eigenvalue weighted by molar-refractivity contribution is -0.137. The Balaban J connectivity index is 2.69. The highest BCUT2D eigenvalue weighted by Crippen LogP contribution is 2.23. The number of hydrogen-bond donors (Lipinski definition) is 1. The number of rotatable bonds is 6. The van der Waals surface area contributed by atoms with Gasteiger partial charge in [0.05, 0.1) is 12.9 Å². The Hall–Kier alpha value is -1.30. The van der Waals surface area contributed by atoms with E-state index in [4.69, 9.17) is 0 Å². The molecule has 94 valence electrons. The zero-order valence-electron chi connectivity index (χ0n) is 10.3. The molecule has 1 aromatic heterocycles. The number of thioether (sulfide) groups is 1. The minimum atomic E-state index is -0.254. The van der Waals surface area contributed by atoms with Crippen molar-refractivity contribution < 1.29 is 9.53 Å². The number of anilines is 1. The first-order chi connectivity index (χ1) is 8.19. The van der Waals surface area contributed by atoms with Crippen molar-refractivity contribution >= 4 is 23.5 Å². The Kier molecular flexibility index (Phi) is 5.76. The van der Waals surface area contributed by atoms with Crippen LogP contribution in [0.2, 0.25) is 0 Å². The summed E-state index contributed by atoms with van der Waals surface area (Å²) in [7, 11) is 1.38. The molecule has 0 radical (unpaired) electrons. The molecule has 17 heavy (non-hydrogen) atoms. The number of carbonyl (C=O) groups excluding carboxylic acids is 1. The number of esters is 1. The fourth-order valence-electron chi connectivity index (χ4n) is 1.19. The molecular weight excluding hydrogens is 238 g/mol. The Bertz CT molecular complexity index is 385. The summed E-state index contributed by atoms with van der Waals surface area (Å²) in [6.07, 6.45) is 2.54. The van der Waals surface area contributed by atoms with Gasteiger partial charge in [-0.25, -0.2) is 9.97 Å². The number of methoxy groups -OCH3 is 1. The minimum Gasteiger partial charge on any atom is -0.468 e. The van der Waals surface area contributed by atoms with E-state index >= 15 is 0 Å². The number of nitrogens with zero attached hydrogens (tertiary/aromatic N) is 2. The molecule has 0 bridgehead atoms. The maximum Gasteiger partial charge on any atom is 0.316 e. The van der Waals surface area contributed by atoms with Gasteiger partial charge < -0.3 is 10.1 Å². The summed E-state index contributed by atoms with van der Waals surface area (Å²) in [5.41, 5.74) is 0.967. The van der Waals surface area contributed by atoms with Crippen LogP contribution in [0.4, 0.5) is 5.82 Å². The average molecular weight is 255 g/mol. The van der Waals surface area contributed by atoms with Crippen LogP contribution >= 0.6 is 11.8 Å². The summed E-state index contributed by atoms with van der Waals surface area (Å²) in [4.78, 5) is 19.4. The summed E-state index contributed by atoms with van der Waals surface area (Å²) in [6, 6.07) is 0. The first-order valence-electron chi connectivity index (χ1n) is 5.44. The Morgan fingerprint density at radius 1 is 1.53 bits per heavy atom. The molecule has 0 aliphatic heterocycles. The predicted molar refractivity (Wildman–Crippen MR) is 68.3 cm³/mol. The predicted octanol–water partition coefficient (Wildman–Crippen LogP) is 1.87. The highest BCUT2D eigenvalue weighted by Gasteiger charge is 2.09. The second-order valence-electron chi connectivity index (χ2n) is 3.44. The van der Waals surface area contributed by atoms with Gasteiger partial charge in [-0.05, 0) is 13.3 Å². The fourth-order valence-corrected chi connectivity index (χ4v) is 1.99. The molecule has 0 fully saturated rings. The highest BCUT2D eigenvalue weighted by molar-refractivity contribution is 7.99. The van der Waals surface area contributed by atoms with E-state index in [0.717, 1.165) is 29.4 Å². The van der Waals surface area contributed by atoms with E-state index in [1.54, 1.807) is 0 Å². The number of nitrogens with one attached hydrogen (secondary N) is 1. The van der Waals surface area contributed by atoms with E-state index in [-0.39, 0.29) is 11.7 Å². The second-order valence-corrected chi connectivity index (χ2v) is 4.41. The number of carbonyl (C=O) groups is 1. The van der Waals surface area contributed by atoms with Gasteiger partial charge in [-0.3, -0.25) is 4.79 Å². The molecule has 0 aromatic carbocycles. The maximum absolute atomic E-state index is 11.1. The third kappa shape index (κ3) is 4.22. The molecule has 1 N–H and O–H groups in total. The summed E-state index contributed by atoms with van der Waals surface area (Å²) >= 11 is 1.36. The minimum absolute atomic E-state index is 0.254. The SMILES string of the molecule is CCCNc1ncnc(SCC(=O)OC)c1C. The normalized spacial score (nSPS) is 10.1. The molecule has 0 aliphatic carbocycles. The Morgan fingerprint density at radius 3 is 2.94 bits per heavy atom. The molecule has 0 spiro atoms. The molecule has 0 atom stereocenters. The van der Waals surface area contributed by atoms with Crippen LogP contribution in [0.1, 0.15) is 18.9 Å². The molecule has 0 saturated carbocycles. The van der Waals surface area contributed by atoms with E-state index in [1.807, 2.05) is 6.92 Å². The van der Waals surface area contributed by atoms with Crippen LogP contribution < -0.4 is 5.32 Å². The van der Waals surface area contributed by atoms with Gasteiger partial charge in [0, 0.05) is 12.1 Å². The Labute approximate surface area is 105 Å². The third-order valence-corrected chi connectivity index (χ3v) is 3.20. The molecular formula is C11H17N3O2S. The molecule has 0 aliphatic rings. The van der Waals surface area contributed by atoms with Crippen molar-refractivity contribution in [1.29, 1.82) is 0 Å². The van der Waals surface area contributed by atoms with E-state index in [1.165, 1.54) is 25.2 Å². The third-order valence-electron chi connectivity index (χ3n) is 2.13. The van der Waals surface area contributed by atoms with Crippen LogP contribution in [0.3, 0.4) is 0 Å². The van der Waals surface area contributed by atoms with Crippen LogP contribution in [-0.2, 0) is 9.53 Å². The number of aromatic nitrogens is 2. The van der Waals surface area contributed by atoms with Crippen molar-refractivity contribution in [2.75, 3.05) is 24.7 Å². The van der Waals surface area contributed by atoms with Gasteiger partial charge >= 0.3 is 5.97 Å². The van der Waals surface area contributed by atoms with Crippen LogP contribution in [0, 0.1) is 6.92 Å². The number of ether oxygens (including phenoxy) is 1. The van der Waals surface area contributed by atoms with E-state index in [9.17, 15) is 4.79 Å². The lowest BCUT2D eigenvalue weighted by Crippen LogP contribution is -2.07. The molecule has 0 saturated heterocycles.